The monoisotopic (exact) mass is 288 g/mol. The van der Waals surface area contributed by atoms with Gasteiger partial charge in [-0.05, 0) is 51.8 Å². The van der Waals surface area contributed by atoms with Crippen molar-refractivity contribution in [3.05, 3.63) is 41.2 Å². The number of aliphatic hydroxyl groups is 1. The van der Waals surface area contributed by atoms with Crippen molar-refractivity contribution in [2.45, 2.75) is 39.2 Å². The molecule has 0 bridgehead atoms. The Morgan fingerprint density at radius 2 is 2.10 bits per heavy atom. The van der Waals surface area contributed by atoms with Crippen molar-refractivity contribution in [3.63, 3.8) is 0 Å². The van der Waals surface area contributed by atoms with E-state index in [9.17, 15) is 15.0 Å². The molecular formula is C17H20O4. The Kier molecular flexibility index (Phi) is 4.19. The zero-order valence-corrected chi connectivity index (χ0v) is 12.5. The quantitative estimate of drug-likeness (QED) is 0.646. The van der Waals surface area contributed by atoms with Gasteiger partial charge >= 0.3 is 0 Å². The van der Waals surface area contributed by atoms with Crippen molar-refractivity contribution < 1.29 is 19.4 Å². The van der Waals surface area contributed by atoms with E-state index in [0.29, 0.717) is 29.4 Å². The predicted octanol–water partition coefficient (Wildman–Crippen LogP) is 3.90. The Hall–Kier alpha value is -2.07. The van der Waals surface area contributed by atoms with Gasteiger partial charge in [-0.1, -0.05) is 11.6 Å². The number of furan rings is 1. The Balaban J connectivity index is 2.35. The number of phenols is 1. The molecule has 0 aliphatic carbocycles. The molecule has 4 heteroatoms. The van der Waals surface area contributed by atoms with E-state index in [1.54, 1.807) is 19.1 Å². The van der Waals surface area contributed by atoms with E-state index in [4.69, 9.17) is 4.42 Å². The number of aldehydes is 1. The van der Waals surface area contributed by atoms with Gasteiger partial charge in [-0.2, -0.15) is 0 Å². The number of fused-ring (bicyclic) bond motifs is 1. The summed E-state index contributed by atoms with van der Waals surface area (Å²) in [6.07, 6.45) is 3.89. The molecule has 0 saturated heterocycles. The number of benzene rings is 1. The minimum absolute atomic E-state index is 0.113. The normalized spacial score (nSPS) is 13.9. The lowest BCUT2D eigenvalue weighted by molar-refractivity contribution is 0.0277. The van der Waals surface area contributed by atoms with E-state index >= 15 is 0 Å². The van der Waals surface area contributed by atoms with Crippen LogP contribution >= 0.6 is 0 Å². The van der Waals surface area contributed by atoms with Gasteiger partial charge in [0, 0.05) is 0 Å². The van der Waals surface area contributed by atoms with Crippen molar-refractivity contribution in [2.24, 2.45) is 0 Å². The van der Waals surface area contributed by atoms with E-state index < -0.39 is 5.60 Å². The highest BCUT2D eigenvalue weighted by molar-refractivity contribution is 5.93. The van der Waals surface area contributed by atoms with Crippen LogP contribution in [0.25, 0.3) is 11.0 Å². The highest BCUT2D eigenvalue weighted by Gasteiger charge is 2.27. The number of carbonyl (C=O) groups excluding carboxylic acids is 1. The van der Waals surface area contributed by atoms with Crippen LogP contribution in [0.1, 0.15) is 49.7 Å². The Morgan fingerprint density at radius 1 is 1.38 bits per heavy atom. The average Bonchev–Trinajstić information content (AvgIpc) is 2.84. The summed E-state index contributed by atoms with van der Waals surface area (Å²) in [7, 11) is 0. The first-order valence-electron chi connectivity index (χ1n) is 6.92. The van der Waals surface area contributed by atoms with Gasteiger partial charge in [0.25, 0.3) is 0 Å². The maximum Gasteiger partial charge on any atom is 0.153 e. The first-order chi connectivity index (χ1) is 9.85. The number of carbonyl (C=O) groups is 1. The maximum atomic E-state index is 10.8. The summed E-state index contributed by atoms with van der Waals surface area (Å²) in [5.74, 6) is 0.274. The predicted molar refractivity (Wildman–Crippen MR) is 81.5 cm³/mol. The van der Waals surface area contributed by atoms with Gasteiger partial charge in [-0.15, -0.1) is 0 Å². The van der Waals surface area contributed by atoms with Gasteiger partial charge in [-0.3, -0.25) is 4.79 Å². The molecule has 0 spiro atoms. The Morgan fingerprint density at radius 3 is 2.71 bits per heavy atom. The summed E-state index contributed by atoms with van der Waals surface area (Å²) >= 11 is 0. The van der Waals surface area contributed by atoms with Gasteiger partial charge in [0.15, 0.2) is 6.29 Å². The standard InChI is InChI=1S/C17H20O4/c1-11(2)5-4-8-17(3,20)15-9-13-14(21-15)7-6-12(10-18)16(13)19/h5-7,9-10,19-20H,4,8H2,1-3H3. The zero-order valence-electron chi connectivity index (χ0n) is 12.5. The topological polar surface area (TPSA) is 70.7 Å². The van der Waals surface area contributed by atoms with E-state index in [0.717, 1.165) is 6.42 Å². The Labute approximate surface area is 123 Å². The number of hydrogen-bond acceptors (Lipinski definition) is 4. The molecule has 1 unspecified atom stereocenters. The molecule has 1 heterocycles. The number of aromatic hydroxyl groups is 1. The highest BCUT2D eigenvalue weighted by Crippen LogP contribution is 2.36. The van der Waals surface area contributed by atoms with E-state index in [-0.39, 0.29) is 11.3 Å². The SMILES string of the molecule is CC(C)=CCCC(C)(O)c1cc2c(O)c(C=O)ccc2o1. The number of hydrogen-bond donors (Lipinski definition) is 2. The summed E-state index contributed by atoms with van der Waals surface area (Å²) < 4.78 is 5.62. The van der Waals surface area contributed by atoms with Crippen molar-refractivity contribution in [2.75, 3.05) is 0 Å². The fraction of sp³-hybridized carbons (Fsp3) is 0.353. The first-order valence-corrected chi connectivity index (χ1v) is 6.92. The molecule has 112 valence electrons. The number of phenolic OH excluding ortho intramolecular Hbond substituents is 1. The smallest absolute Gasteiger partial charge is 0.153 e. The molecule has 1 aromatic carbocycles. The second kappa shape index (κ2) is 5.74. The first kappa shape index (κ1) is 15.3. The molecule has 0 saturated carbocycles. The minimum atomic E-state index is -1.13. The van der Waals surface area contributed by atoms with Crippen molar-refractivity contribution in [1.29, 1.82) is 0 Å². The molecule has 4 nitrogen and oxygen atoms in total. The van der Waals surface area contributed by atoms with Gasteiger partial charge < -0.3 is 14.6 Å². The fourth-order valence-corrected chi connectivity index (χ4v) is 2.24. The van der Waals surface area contributed by atoms with E-state index in [2.05, 4.69) is 6.08 Å². The second-order valence-electron chi connectivity index (χ2n) is 5.74. The highest BCUT2D eigenvalue weighted by atomic mass is 16.4. The van der Waals surface area contributed by atoms with Gasteiger partial charge in [0.2, 0.25) is 0 Å². The third kappa shape index (κ3) is 3.16. The average molecular weight is 288 g/mol. The molecule has 0 fully saturated rings. The molecule has 0 amide bonds. The van der Waals surface area contributed by atoms with Crippen LogP contribution < -0.4 is 0 Å². The molecule has 1 aromatic heterocycles. The third-order valence-corrected chi connectivity index (χ3v) is 3.55. The van der Waals surface area contributed by atoms with Gasteiger partial charge in [0.05, 0.1) is 10.9 Å². The fourth-order valence-electron chi connectivity index (χ4n) is 2.24. The summed E-state index contributed by atoms with van der Waals surface area (Å²) in [4.78, 5) is 10.8. The molecule has 2 rings (SSSR count). The summed E-state index contributed by atoms with van der Waals surface area (Å²) in [6, 6.07) is 4.71. The molecular weight excluding hydrogens is 268 g/mol. The molecule has 0 aliphatic heterocycles. The summed E-state index contributed by atoms with van der Waals surface area (Å²) in [5.41, 5.74) is 0.733. The van der Waals surface area contributed by atoms with Crippen LogP contribution in [-0.4, -0.2) is 16.5 Å². The van der Waals surface area contributed by atoms with Crippen LogP contribution in [0.4, 0.5) is 0 Å². The van der Waals surface area contributed by atoms with Crippen molar-refractivity contribution in [1.82, 2.24) is 0 Å². The summed E-state index contributed by atoms with van der Waals surface area (Å²) in [5, 5.41) is 21.0. The van der Waals surface area contributed by atoms with Crippen molar-refractivity contribution in [3.8, 4) is 5.75 Å². The molecule has 2 aromatic rings. The summed E-state index contributed by atoms with van der Waals surface area (Å²) in [6.45, 7) is 5.70. The third-order valence-electron chi connectivity index (χ3n) is 3.55. The lowest BCUT2D eigenvalue weighted by Gasteiger charge is -2.19. The van der Waals surface area contributed by atoms with Crippen LogP contribution in [-0.2, 0) is 5.60 Å². The molecule has 0 radical (unpaired) electrons. The van der Waals surface area contributed by atoms with E-state index in [1.165, 1.54) is 11.6 Å². The lowest BCUT2D eigenvalue weighted by atomic mass is 9.96. The molecule has 21 heavy (non-hydrogen) atoms. The molecule has 2 N–H and O–H groups in total. The van der Waals surface area contributed by atoms with E-state index in [1.807, 2.05) is 13.8 Å². The van der Waals surface area contributed by atoms with Crippen LogP contribution in [0.15, 0.2) is 34.3 Å². The second-order valence-corrected chi connectivity index (χ2v) is 5.74. The molecule has 0 aliphatic rings. The van der Waals surface area contributed by atoms with Crippen molar-refractivity contribution >= 4 is 17.3 Å². The number of allylic oxidation sites excluding steroid dienone is 2. The van der Waals surface area contributed by atoms with Gasteiger partial charge in [0.1, 0.15) is 22.7 Å². The van der Waals surface area contributed by atoms with Crippen LogP contribution in [0.5, 0.6) is 5.75 Å². The molecule has 1 atom stereocenters. The largest absolute Gasteiger partial charge is 0.506 e. The van der Waals surface area contributed by atoms with Crippen LogP contribution in [0.2, 0.25) is 0 Å². The Bertz CT molecular complexity index is 688. The minimum Gasteiger partial charge on any atom is -0.506 e. The number of rotatable bonds is 5. The zero-order chi connectivity index (χ0) is 15.6. The van der Waals surface area contributed by atoms with Crippen LogP contribution in [0.3, 0.4) is 0 Å². The van der Waals surface area contributed by atoms with Crippen LogP contribution in [0, 0.1) is 0 Å². The maximum absolute atomic E-state index is 10.8. The van der Waals surface area contributed by atoms with Gasteiger partial charge in [-0.25, -0.2) is 0 Å². The lowest BCUT2D eigenvalue weighted by Crippen LogP contribution is -2.19.